The van der Waals surface area contributed by atoms with Crippen LogP contribution in [0.25, 0.3) is 11.4 Å². The lowest BCUT2D eigenvalue weighted by Gasteiger charge is -2.13. The average Bonchev–Trinajstić information content (AvgIpc) is 3.25. The number of ketones is 1. The van der Waals surface area contributed by atoms with E-state index in [2.05, 4.69) is 15.2 Å². The van der Waals surface area contributed by atoms with E-state index < -0.39 is 17.6 Å². The molecule has 0 spiro atoms. The first-order valence-corrected chi connectivity index (χ1v) is 9.23. The van der Waals surface area contributed by atoms with Crippen molar-refractivity contribution in [2.75, 3.05) is 10.7 Å². The molecule has 4 rings (SSSR count). The maximum atomic E-state index is 12.5. The number of Topliss-reactive ketones (excluding diaryl/α,β-unsaturated/α-hetero) is 1. The highest BCUT2D eigenvalue weighted by Crippen LogP contribution is 2.29. The summed E-state index contributed by atoms with van der Waals surface area (Å²) in [6.45, 7) is 0. The molecule has 2 heterocycles. The number of anilines is 1. The number of nitrogens with zero attached hydrogens (tertiary/aromatic N) is 3. The number of benzene rings is 2. The van der Waals surface area contributed by atoms with Gasteiger partial charge in [-0.05, 0) is 36.4 Å². The third-order valence-electron chi connectivity index (χ3n) is 3.94. The van der Waals surface area contributed by atoms with E-state index in [1.165, 1.54) is 6.07 Å². The number of halogens is 1. The van der Waals surface area contributed by atoms with Gasteiger partial charge < -0.3 is 0 Å². The molecular weight excluding hydrogens is 388 g/mol. The zero-order chi connectivity index (χ0) is 19.0. The van der Waals surface area contributed by atoms with Crippen molar-refractivity contribution >= 4 is 46.6 Å². The molecule has 0 aliphatic carbocycles. The normalized spacial score (nSPS) is 13.1. The molecule has 3 aromatic rings. The standard InChI is InChI=1S/C18H11ClN4O3S/c19-11-7-5-10(6-8-11)16-20-18(22-21-16)27-9-14(24)23-13-4-2-1-3-12(13)15(25)17(23)26/h1-8H,9H2,(H,20,21,22). The number of para-hydroxylation sites is 1. The highest BCUT2D eigenvalue weighted by atomic mass is 35.5. The Morgan fingerprint density at radius 2 is 1.85 bits per heavy atom. The van der Waals surface area contributed by atoms with E-state index in [1.807, 2.05) is 0 Å². The number of rotatable bonds is 4. The van der Waals surface area contributed by atoms with Gasteiger partial charge in [0, 0.05) is 10.6 Å². The Morgan fingerprint density at radius 1 is 1.11 bits per heavy atom. The first kappa shape index (κ1) is 17.4. The Kier molecular flexibility index (Phi) is 4.51. The van der Waals surface area contributed by atoms with Crippen molar-refractivity contribution in [3.05, 3.63) is 59.1 Å². The zero-order valence-corrected chi connectivity index (χ0v) is 15.3. The maximum absolute atomic E-state index is 12.5. The Hall–Kier alpha value is -2.97. The summed E-state index contributed by atoms with van der Waals surface area (Å²) in [4.78, 5) is 41.8. The molecule has 7 nitrogen and oxygen atoms in total. The van der Waals surface area contributed by atoms with Crippen LogP contribution in [0.15, 0.2) is 53.7 Å². The van der Waals surface area contributed by atoms with Crippen molar-refractivity contribution in [2.24, 2.45) is 0 Å². The highest BCUT2D eigenvalue weighted by Gasteiger charge is 2.39. The predicted molar refractivity (Wildman–Crippen MR) is 101 cm³/mol. The Labute approximate surface area is 162 Å². The van der Waals surface area contributed by atoms with Crippen LogP contribution in [0.3, 0.4) is 0 Å². The summed E-state index contributed by atoms with van der Waals surface area (Å²) in [6.07, 6.45) is 0. The number of fused-ring (bicyclic) bond motifs is 1. The lowest BCUT2D eigenvalue weighted by molar-refractivity contribution is -0.122. The van der Waals surface area contributed by atoms with Crippen molar-refractivity contribution in [1.82, 2.24) is 15.2 Å². The van der Waals surface area contributed by atoms with Crippen LogP contribution >= 0.6 is 23.4 Å². The maximum Gasteiger partial charge on any atom is 0.306 e. The average molecular weight is 399 g/mol. The van der Waals surface area contributed by atoms with Crippen LogP contribution in [-0.2, 0) is 9.59 Å². The molecule has 0 unspecified atom stereocenters. The number of aromatic nitrogens is 3. The fraction of sp³-hybridized carbons (Fsp3) is 0.0556. The van der Waals surface area contributed by atoms with E-state index >= 15 is 0 Å². The molecule has 9 heteroatoms. The summed E-state index contributed by atoms with van der Waals surface area (Å²) >= 11 is 6.94. The molecule has 1 aromatic heterocycles. The van der Waals surface area contributed by atoms with Crippen molar-refractivity contribution < 1.29 is 14.4 Å². The number of hydrogen-bond acceptors (Lipinski definition) is 6. The third-order valence-corrected chi connectivity index (χ3v) is 5.03. The molecule has 0 saturated heterocycles. The number of carbonyl (C=O) groups excluding carboxylic acids is 3. The fourth-order valence-electron chi connectivity index (χ4n) is 2.67. The van der Waals surface area contributed by atoms with Gasteiger partial charge in [0.1, 0.15) is 0 Å². The second kappa shape index (κ2) is 6.98. The molecule has 0 radical (unpaired) electrons. The van der Waals surface area contributed by atoms with Crippen LogP contribution < -0.4 is 4.90 Å². The van der Waals surface area contributed by atoms with Gasteiger partial charge in [-0.3, -0.25) is 19.5 Å². The number of carbonyl (C=O) groups is 3. The van der Waals surface area contributed by atoms with E-state index in [0.29, 0.717) is 21.7 Å². The molecule has 0 atom stereocenters. The zero-order valence-electron chi connectivity index (χ0n) is 13.7. The highest BCUT2D eigenvalue weighted by molar-refractivity contribution is 7.99. The smallest absolute Gasteiger partial charge is 0.283 e. The van der Waals surface area contributed by atoms with E-state index in [-0.39, 0.29) is 11.3 Å². The second-order valence-electron chi connectivity index (χ2n) is 5.64. The summed E-state index contributed by atoms with van der Waals surface area (Å²) in [5.41, 5.74) is 1.36. The molecule has 0 fully saturated rings. The van der Waals surface area contributed by atoms with E-state index in [1.54, 1.807) is 42.5 Å². The van der Waals surface area contributed by atoms with Crippen LogP contribution in [0.5, 0.6) is 0 Å². The summed E-state index contributed by atoms with van der Waals surface area (Å²) in [7, 11) is 0. The van der Waals surface area contributed by atoms with Crippen LogP contribution in [0.4, 0.5) is 5.69 Å². The number of amides is 2. The van der Waals surface area contributed by atoms with Crippen LogP contribution in [0.2, 0.25) is 5.02 Å². The minimum absolute atomic E-state index is 0.0781. The minimum atomic E-state index is -0.835. The number of imide groups is 1. The topological polar surface area (TPSA) is 96.0 Å². The molecule has 0 saturated carbocycles. The molecular formula is C18H11ClN4O3S. The van der Waals surface area contributed by atoms with Crippen LogP contribution in [0.1, 0.15) is 10.4 Å². The van der Waals surface area contributed by atoms with E-state index in [4.69, 9.17) is 11.6 Å². The Balaban J connectivity index is 1.47. The molecule has 134 valence electrons. The lowest BCUT2D eigenvalue weighted by Crippen LogP contribution is -2.37. The van der Waals surface area contributed by atoms with Gasteiger partial charge in [-0.1, -0.05) is 35.5 Å². The number of aromatic amines is 1. The third kappa shape index (κ3) is 3.24. The van der Waals surface area contributed by atoms with Gasteiger partial charge in [0.2, 0.25) is 11.1 Å². The Bertz CT molecular complexity index is 1060. The van der Waals surface area contributed by atoms with Gasteiger partial charge in [-0.25, -0.2) is 9.88 Å². The molecule has 0 bridgehead atoms. The summed E-state index contributed by atoms with van der Waals surface area (Å²) < 4.78 is 0. The quantitative estimate of drug-likeness (QED) is 0.536. The monoisotopic (exact) mass is 398 g/mol. The van der Waals surface area contributed by atoms with Gasteiger partial charge in [0.15, 0.2) is 5.82 Å². The number of thioether (sulfide) groups is 1. The number of hydrogen-bond donors (Lipinski definition) is 1. The van der Waals surface area contributed by atoms with Gasteiger partial charge >= 0.3 is 5.91 Å². The van der Waals surface area contributed by atoms with Crippen LogP contribution in [0, 0.1) is 0 Å². The Morgan fingerprint density at radius 3 is 2.63 bits per heavy atom. The van der Waals surface area contributed by atoms with Crippen LogP contribution in [-0.4, -0.2) is 38.5 Å². The largest absolute Gasteiger partial charge is 0.306 e. The minimum Gasteiger partial charge on any atom is -0.283 e. The van der Waals surface area contributed by atoms with Crippen molar-refractivity contribution in [1.29, 1.82) is 0 Å². The summed E-state index contributed by atoms with van der Waals surface area (Å²) in [5.74, 6) is -1.54. The molecule has 2 aromatic carbocycles. The van der Waals surface area contributed by atoms with Gasteiger partial charge in [-0.15, -0.1) is 5.10 Å². The first-order valence-electron chi connectivity index (χ1n) is 7.86. The predicted octanol–water partition coefficient (Wildman–Crippen LogP) is 2.97. The molecule has 1 aliphatic heterocycles. The SMILES string of the molecule is O=C1C(=O)N(C(=O)CSc2n[nH]c(-c3ccc(Cl)cc3)n2)c2ccccc21. The summed E-state index contributed by atoms with van der Waals surface area (Å²) in [5, 5.41) is 7.83. The van der Waals surface area contributed by atoms with Gasteiger partial charge in [0.05, 0.1) is 17.0 Å². The second-order valence-corrected chi connectivity index (χ2v) is 7.02. The first-order chi connectivity index (χ1) is 13.0. The van der Waals surface area contributed by atoms with Gasteiger partial charge in [0.25, 0.3) is 5.78 Å². The molecule has 27 heavy (non-hydrogen) atoms. The van der Waals surface area contributed by atoms with Gasteiger partial charge in [-0.2, -0.15) is 0 Å². The van der Waals surface area contributed by atoms with E-state index in [9.17, 15) is 14.4 Å². The molecule has 1 N–H and O–H groups in total. The lowest BCUT2D eigenvalue weighted by atomic mass is 10.1. The fourth-order valence-corrected chi connectivity index (χ4v) is 3.45. The van der Waals surface area contributed by atoms with Crippen molar-refractivity contribution in [3.8, 4) is 11.4 Å². The molecule has 1 aliphatic rings. The van der Waals surface area contributed by atoms with E-state index in [0.717, 1.165) is 22.2 Å². The summed E-state index contributed by atoms with van der Waals surface area (Å²) in [6, 6.07) is 13.5. The number of H-pyrrole nitrogens is 1. The van der Waals surface area contributed by atoms with Crippen molar-refractivity contribution in [3.63, 3.8) is 0 Å². The molecule has 2 amide bonds. The number of nitrogens with one attached hydrogen (secondary N) is 1. The van der Waals surface area contributed by atoms with Crippen molar-refractivity contribution in [2.45, 2.75) is 5.16 Å².